The molecule has 0 bridgehead atoms. The van der Waals surface area contributed by atoms with E-state index in [0.717, 1.165) is 25.7 Å². The molecule has 0 radical (unpaired) electrons. The zero-order valence-corrected chi connectivity index (χ0v) is 10.3. The first-order valence-electron chi connectivity index (χ1n) is 5.17. The summed E-state index contributed by atoms with van der Waals surface area (Å²) in [5.74, 6) is 0.310. The summed E-state index contributed by atoms with van der Waals surface area (Å²) >= 11 is 5.88. The van der Waals surface area contributed by atoms with Crippen LogP contribution in [0, 0.1) is 0 Å². The fourth-order valence-electron chi connectivity index (χ4n) is 2.04. The third-order valence-corrected chi connectivity index (χ3v) is 5.01. The highest BCUT2D eigenvalue weighted by Gasteiger charge is 2.37. The number of alkyl halides is 1. The van der Waals surface area contributed by atoms with E-state index in [1.54, 1.807) is 0 Å². The van der Waals surface area contributed by atoms with Crippen LogP contribution in [0.3, 0.4) is 0 Å². The lowest BCUT2D eigenvalue weighted by Gasteiger charge is -2.26. The lowest BCUT2D eigenvalue weighted by molar-refractivity contribution is 0.433. The Kier molecular flexibility index (Phi) is 3.23. The lowest BCUT2D eigenvalue weighted by atomic mass is 10.0. The molecule has 0 aliphatic heterocycles. The smallest absolute Gasteiger partial charge is 0.244 e. The van der Waals surface area contributed by atoms with Crippen LogP contribution in [0.15, 0.2) is 17.3 Å². The Morgan fingerprint density at radius 2 is 2.19 bits per heavy atom. The molecule has 16 heavy (non-hydrogen) atoms. The number of sulfonamides is 1. The van der Waals surface area contributed by atoms with Gasteiger partial charge in [0.1, 0.15) is 4.90 Å². The van der Waals surface area contributed by atoms with Gasteiger partial charge in [0.05, 0.1) is 6.20 Å². The van der Waals surface area contributed by atoms with Gasteiger partial charge < -0.3 is 0 Å². The topological polar surface area (TPSA) is 74.8 Å². The molecule has 0 amide bonds. The van der Waals surface area contributed by atoms with Crippen molar-refractivity contribution >= 4 is 21.6 Å². The molecule has 2 N–H and O–H groups in total. The number of halogens is 1. The predicted molar refractivity (Wildman–Crippen MR) is 60.8 cm³/mol. The molecule has 1 aromatic heterocycles. The maximum atomic E-state index is 12.0. The molecular weight excluding hydrogens is 250 g/mol. The molecule has 0 aromatic carbocycles. The number of H-pyrrole nitrogens is 1. The van der Waals surface area contributed by atoms with Gasteiger partial charge in [-0.05, 0) is 12.8 Å². The van der Waals surface area contributed by atoms with Gasteiger partial charge in [-0.3, -0.25) is 5.10 Å². The van der Waals surface area contributed by atoms with Gasteiger partial charge in [-0.15, -0.1) is 11.6 Å². The number of nitrogens with zero attached hydrogens (tertiary/aromatic N) is 1. The standard InChI is InChI=1S/C9H14ClN3O2S/c10-7-9(3-1-2-4-9)13-16(14,15)8-5-11-12-6-8/h5-6,13H,1-4,7H2,(H,11,12). The van der Waals surface area contributed by atoms with E-state index in [4.69, 9.17) is 11.6 Å². The molecule has 1 saturated carbocycles. The Morgan fingerprint density at radius 3 is 2.69 bits per heavy atom. The van der Waals surface area contributed by atoms with E-state index >= 15 is 0 Å². The van der Waals surface area contributed by atoms with Crippen LogP contribution < -0.4 is 4.72 Å². The quantitative estimate of drug-likeness (QED) is 0.803. The first-order chi connectivity index (χ1) is 7.58. The number of nitrogens with one attached hydrogen (secondary N) is 2. The highest BCUT2D eigenvalue weighted by Crippen LogP contribution is 2.32. The second-order valence-corrected chi connectivity index (χ2v) is 6.11. The van der Waals surface area contributed by atoms with E-state index in [1.165, 1.54) is 12.4 Å². The van der Waals surface area contributed by atoms with Crippen LogP contribution in [-0.4, -0.2) is 30.0 Å². The number of aromatic amines is 1. The van der Waals surface area contributed by atoms with Crippen LogP contribution in [0.1, 0.15) is 25.7 Å². The van der Waals surface area contributed by atoms with Gasteiger partial charge in [0, 0.05) is 17.6 Å². The fourth-order valence-corrected chi connectivity index (χ4v) is 3.82. The molecule has 1 heterocycles. The van der Waals surface area contributed by atoms with Crippen LogP contribution in [0.5, 0.6) is 0 Å². The number of aromatic nitrogens is 2. The first-order valence-corrected chi connectivity index (χ1v) is 7.19. The zero-order chi connectivity index (χ0) is 11.6. The summed E-state index contributed by atoms with van der Waals surface area (Å²) in [6.07, 6.45) is 6.28. The number of hydrogen-bond donors (Lipinski definition) is 2. The summed E-state index contributed by atoms with van der Waals surface area (Å²) in [7, 11) is -3.50. The third-order valence-electron chi connectivity index (χ3n) is 2.95. The Morgan fingerprint density at radius 1 is 1.50 bits per heavy atom. The van der Waals surface area contributed by atoms with Crippen molar-refractivity contribution < 1.29 is 8.42 Å². The second kappa shape index (κ2) is 4.35. The zero-order valence-electron chi connectivity index (χ0n) is 8.74. The summed E-state index contributed by atoms with van der Waals surface area (Å²) in [5.41, 5.74) is -0.475. The normalized spacial score (nSPS) is 20.1. The molecule has 1 aliphatic carbocycles. The monoisotopic (exact) mass is 263 g/mol. The largest absolute Gasteiger partial charge is 0.284 e. The summed E-state index contributed by atoms with van der Waals surface area (Å²) in [6.45, 7) is 0. The maximum Gasteiger partial charge on any atom is 0.244 e. The Hall–Kier alpha value is -0.590. The van der Waals surface area contributed by atoms with E-state index in [9.17, 15) is 8.42 Å². The van der Waals surface area contributed by atoms with Gasteiger partial charge in [-0.1, -0.05) is 12.8 Å². The van der Waals surface area contributed by atoms with Crippen molar-refractivity contribution in [1.29, 1.82) is 0 Å². The molecule has 1 fully saturated rings. The molecule has 0 unspecified atom stereocenters. The van der Waals surface area contributed by atoms with Crippen LogP contribution in [0.4, 0.5) is 0 Å². The minimum absolute atomic E-state index is 0.156. The van der Waals surface area contributed by atoms with E-state index in [1.807, 2.05) is 0 Å². The Labute approximate surface area is 99.6 Å². The van der Waals surface area contributed by atoms with Crippen molar-refractivity contribution in [3.8, 4) is 0 Å². The van der Waals surface area contributed by atoms with E-state index in [-0.39, 0.29) is 4.90 Å². The highest BCUT2D eigenvalue weighted by atomic mass is 35.5. The molecule has 1 aromatic rings. The van der Waals surface area contributed by atoms with Crippen LogP contribution in [0.2, 0.25) is 0 Å². The van der Waals surface area contributed by atoms with Gasteiger partial charge in [0.2, 0.25) is 10.0 Å². The minimum Gasteiger partial charge on any atom is -0.284 e. The molecule has 0 spiro atoms. The Bertz CT molecular complexity index is 437. The van der Waals surface area contributed by atoms with Gasteiger partial charge >= 0.3 is 0 Å². The minimum atomic E-state index is -3.50. The van der Waals surface area contributed by atoms with E-state index < -0.39 is 15.6 Å². The summed E-state index contributed by atoms with van der Waals surface area (Å²) in [5, 5.41) is 6.12. The SMILES string of the molecule is O=S(=O)(NC1(CCl)CCCC1)c1cn[nH]c1. The summed E-state index contributed by atoms with van der Waals surface area (Å²) in [6, 6.07) is 0. The second-order valence-electron chi connectivity index (χ2n) is 4.16. The van der Waals surface area contributed by atoms with Crippen LogP contribution >= 0.6 is 11.6 Å². The molecular formula is C9H14ClN3O2S. The average Bonchev–Trinajstić information content (AvgIpc) is 2.87. The number of hydrogen-bond acceptors (Lipinski definition) is 3. The van der Waals surface area contributed by atoms with Crippen LogP contribution in [0.25, 0.3) is 0 Å². The summed E-state index contributed by atoms with van der Waals surface area (Å²) in [4.78, 5) is 0.156. The molecule has 2 rings (SSSR count). The van der Waals surface area contributed by atoms with E-state index in [0.29, 0.717) is 5.88 Å². The summed E-state index contributed by atoms with van der Waals surface area (Å²) < 4.78 is 26.7. The van der Waals surface area contributed by atoms with Gasteiger partial charge in [0.25, 0.3) is 0 Å². The van der Waals surface area contributed by atoms with Crippen molar-refractivity contribution in [2.24, 2.45) is 0 Å². The van der Waals surface area contributed by atoms with Crippen molar-refractivity contribution in [2.45, 2.75) is 36.1 Å². The van der Waals surface area contributed by atoms with Gasteiger partial charge in [0.15, 0.2) is 0 Å². The van der Waals surface area contributed by atoms with Gasteiger partial charge in [-0.25, -0.2) is 13.1 Å². The van der Waals surface area contributed by atoms with Crippen molar-refractivity contribution in [1.82, 2.24) is 14.9 Å². The Balaban J connectivity index is 2.20. The predicted octanol–water partition coefficient (Wildman–Crippen LogP) is 1.24. The molecule has 5 nitrogen and oxygen atoms in total. The van der Waals surface area contributed by atoms with E-state index in [2.05, 4.69) is 14.9 Å². The first kappa shape index (κ1) is 11.9. The third kappa shape index (κ3) is 2.23. The molecule has 1 aliphatic rings. The molecule has 90 valence electrons. The fraction of sp³-hybridized carbons (Fsp3) is 0.667. The highest BCUT2D eigenvalue weighted by molar-refractivity contribution is 7.89. The molecule has 0 atom stereocenters. The maximum absolute atomic E-state index is 12.0. The van der Waals surface area contributed by atoms with Crippen molar-refractivity contribution in [3.05, 3.63) is 12.4 Å². The molecule has 7 heteroatoms. The van der Waals surface area contributed by atoms with Gasteiger partial charge in [-0.2, -0.15) is 5.10 Å². The van der Waals surface area contributed by atoms with Crippen molar-refractivity contribution in [3.63, 3.8) is 0 Å². The van der Waals surface area contributed by atoms with Crippen LogP contribution in [-0.2, 0) is 10.0 Å². The van der Waals surface area contributed by atoms with Crippen molar-refractivity contribution in [2.75, 3.05) is 5.88 Å². The number of rotatable bonds is 4. The average molecular weight is 264 g/mol. The molecule has 0 saturated heterocycles. The lowest BCUT2D eigenvalue weighted by Crippen LogP contribution is -2.47.